The predicted octanol–water partition coefficient (Wildman–Crippen LogP) is 6.32. The van der Waals surface area contributed by atoms with Crippen LogP contribution in [0.3, 0.4) is 0 Å². The lowest BCUT2D eigenvalue weighted by atomic mass is 9.80. The molecule has 0 bridgehead atoms. The number of nitrogens with one attached hydrogen (secondary N) is 1. The maximum Gasteiger partial charge on any atom is 0.330 e. The molecule has 1 aliphatic rings. The molecule has 54 heavy (non-hydrogen) atoms. The van der Waals surface area contributed by atoms with Crippen molar-refractivity contribution in [1.29, 1.82) is 5.26 Å². The van der Waals surface area contributed by atoms with Crippen LogP contribution in [0, 0.1) is 11.3 Å². The van der Waals surface area contributed by atoms with E-state index in [0.29, 0.717) is 17.8 Å². The van der Waals surface area contributed by atoms with Gasteiger partial charge >= 0.3 is 5.69 Å². The molecule has 1 N–H and O–H groups in total. The Morgan fingerprint density at radius 2 is 1.52 bits per heavy atom. The Kier molecular flexibility index (Phi) is 13.9. The van der Waals surface area contributed by atoms with Crippen molar-refractivity contribution in [1.82, 2.24) is 14.2 Å². The molecule has 1 aromatic heterocycles. The van der Waals surface area contributed by atoms with Crippen LogP contribution in [0.1, 0.15) is 73.8 Å². The highest BCUT2D eigenvalue weighted by atomic mass is 31.2. The molecule has 0 spiro atoms. The SMILES string of the molecule is COc1ccc(C(OC[C@H]2O[C@@H](n3cc(C=O)c(=O)[nH]c3=O)C[C@@H]2OP(OCCC#N)N(C(C)C)C(C)C)(c2ccccc2)c2ccc(OC)cc2)cc1. The van der Waals surface area contributed by atoms with Crippen LogP contribution < -0.4 is 20.7 Å². The van der Waals surface area contributed by atoms with Gasteiger partial charge < -0.3 is 28.0 Å². The van der Waals surface area contributed by atoms with Crippen LogP contribution in [-0.4, -0.2) is 72.2 Å². The highest BCUT2D eigenvalue weighted by Gasteiger charge is 2.45. The molecule has 0 amide bonds. The molecule has 1 unspecified atom stereocenters. The van der Waals surface area contributed by atoms with Gasteiger partial charge in [-0.1, -0.05) is 54.6 Å². The van der Waals surface area contributed by atoms with Crippen LogP contribution >= 0.6 is 8.53 Å². The number of hydrogen-bond donors (Lipinski definition) is 1. The van der Waals surface area contributed by atoms with Gasteiger partial charge in [0.05, 0.1) is 51.6 Å². The average molecular weight is 759 g/mol. The zero-order valence-corrected chi connectivity index (χ0v) is 32.2. The van der Waals surface area contributed by atoms with Crippen LogP contribution in [0.15, 0.2) is 94.6 Å². The molecule has 0 radical (unpaired) electrons. The fourth-order valence-electron chi connectivity index (χ4n) is 6.62. The molecule has 2 heterocycles. The van der Waals surface area contributed by atoms with Crippen molar-refractivity contribution >= 4 is 14.8 Å². The largest absolute Gasteiger partial charge is 0.497 e. The van der Waals surface area contributed by atoms with Crippen molar-refractivity contribution < 1.29 is 32.8 Å². The molecule has 0 aliphatic carbocycles. The van der Waals surface area contributed by atoms with Gasteiger partial charge in [0.1, 0.15) is 29.4 Å². The van der Waals surface area contributed by atoms with Crippen molar-refractivity contribution in [2.75, 3.05) is 27.4 Å². The summed E-state index contributed by atoms with van der Waals surface area (Å²) in [7, 11) is 1.49. The van der Waals surface area contributed by atoms with E-state index in [0.717, 1.165) is 16.7 Å². The average Bonchev–Trinajstić information content (AvgIpc) is 3.57. The lowest BCUT2D eigenvalue weighted by Gasteiger charge is -2.39. The molecule has 1 saturated heterocycles. The predicted molar refractivity (Wildman–Crippen MR) is 204 cm³/mol. The lowest BCUT2D eigenvalue weighted by Crippen LogP contribution is -2.39. The summed E-state index contributed by atoms with van der Waals surface area (Å²) in [6.07, 6.45) is -0.480. The number of H-pyrrole nitrogens is 1. The van der Waals surface area contributed by atoms with Crippen LogP contribution in [-0.2, 0) is 24.1 Å². The van der Waals surface area contributed by atoms with Crippen molar-refractivity contribution in [3.8, 4) is 17.6 Å². The van der Waals surface area contributed by atoms with E-state index in [1.54, 1.807) is 14.2 Å². The summed E-state index contributed by atoms with van der Waals surface area (Å²) < 4.78 is 41.2. The number of aromatic amines is 1. The number of benzene rings is 3. The van der Waals surface area contributed by atoms with E-state index < -0.39 is 43.8 Å². The molecule has 4 aromatic rings. The minimum absolute atomic E-state index is 0.0267. The van der Waals surface area contributed by atoms with Crippen LogP contribution in [0.2, 0.25) is 0 Å². The van der Waals surface area contributed by atoms with Crippen molar-refractivity contribution in [3.63, 3.8) is 0 Å². The van der Waals surface area contributed by atoms with E-state index in [1.165, 1.54) is 10.8 Å². The fraction of sp³-hybridized carbons (Fsp3) is 0.400. The van der Waals surface area contributed by atoms with Gasteiger partial charge in [0.2, 0.25) is 0 Å². The van der Waals surface area contributed by atoms with Gasteiger partial charge in [-0.2, -0.15) is 5.26 Å². The summed E-state index contributed by atoms with van der Waals surface area (Å²) in [5, 5.41) is 9.29. The summed E-state index contributed by atoms with van der Waals surface area (Å²) in [4.78, 5) is 39.4. The lowest BCUT2D eigenvalue weighted by molar-refractivity contribution is -0.0925. The molecular formula is C40H47N4O9P. The molecule has 3 aromatic carbocycles. The van der Waals surface area contributed by atoms with Gasteiger partial charge in [-0.3, -0.25) is 19.1 Å². The van der Waals surface area contributed by atoms with E-state index in [2.05, 4.69) is 15.7 Å². The number of ether oxygens (including phenoxy) is 4. The number of carbonyl (C=O) groups excluding carboxylic acids is 1. The van der Waals surface area contributed by atoms with E-state index in [4.69, 9.17) is 28.0 Å². The second kappa shape index (κ2) is 18.6. The molecule has 0 saturated carbocycles. The quantitative estimate of drug-likeness (QED) is 0.0525. The Balaban J connectivity index is 1.61. The number of methoxy groups -OCH3 is 2. The van der Waals surface area contributed by atoms with Gasteiger partial charge in [-0.25, -0.2) is 9.46 Å². The van der Waals surface area contributed by atoms with Crippen molar-refractivity contribution in [3.05, 3.63) is 128 Å². The van der Waals surface area contributed by atoms with Gasteiger partial charge in [0.15, 0.2) is 6.29 Å². The third-order valence-corrected chi connectivity index (χ3v) is 11.3. The first-order chi connectivity index (χ1) is 26.1. The Hall–Kier alpha value is -4.67. The maximum absolute atomic E-state index is 13.1. The Morgan fingerprint density at radius 3 is 2.04 bits per heavy atom. The summed E-state index contributed by atoms with van der Waals surface area (Å²) in [6, 6.07) is 27.3. The van der Waals surface area contributed by atoms with E-state index >= 15 is 0 Å². The van der Waals surface area contributed by atoms with Crippen LogP contribution in [0.5, 0.6) is 11.5 Å². The summed E-state index contributed by atoms with van der Waals surface area (Å²) >= 11 is 0. The molecule has 5 rings (SSSR count). The Morgan fingerprint density at radius 1 is 0.944 bits per heavy atom. The van der Waals surface area contributed by atoms with Crippen LogP contribution in [0.25, 0.3) is 0 Å². The van der Waals surface area contributed by atoms with Crippen molar-refractivity contribution in [2.45, 2.75) is 76.7 Å². The van der Waals surface area contributed by atoms with Crippen LogP contribution in [0.4, 0.5) is 0 Å². The molecule has 4 atom stereocenters. The molecule has 13 nitrogen and oxygen atoms in total. The first kappa shape index (κ1) is 40.5. The molecule has 286 valence electrons. The van der Waals surface area contributed by atoms with E-state index in [-0.39, 0.29) is 43.7 Å². The van der Waals surface area contributed by atoms with Gasteiger partial charge in [-0.15, -0.1) is 0 Å². The second-order valence-electron chi connectivity index (χ2n) is 13.2. The molecule has 1 aliphatic heterocycles. The molecule has 1 fully saturated rings. The number of nitriles is 1. The number of aldehydes is 1. The first-order valence-electron chi connectivity index (χ1n) is 17.8. The highest BCUT2D eigenvalue weighted by molar-refractivity contribution is 7.44. The topological polar surface area (TPSA) is 154 Å². The number of aromatic nitrogens is 2. The van der Waals surface area contributed by atoms with E-state index in [9.17, 15) is 19.6 Å². The Bertz CT molecular complexity index is 1920. The van der Waals surface area contributed by atoms with Gasteiger partial charge in [0.25, 0.3) is 14.1 Å². The smallest absolute Gasteiger partial charge is 0.330 e. The molecular weight excluding hydrogens is 711 g/mol. The zero-order chi connectivity index (χ0) is 38.8. The highest BCUT2D eigenvalue weighted by Crippen LogP contribution is 2.50. The standard InChI is InChI=1S/C40H47N4O9P/c1-27(2)44(28(3)4)54(51-22-10-21-41)53-35-23-37(43-24-29(25-45)38(46)42-39(43)47)52-36(35)26-50-40(30-11-8-7-9-12-30,31-13-17-33(48-5)18-14-31)32-15-19-34(49-6)20-16-32/h7-9,11-20,24-25,27-28,35-37H,10,22-23,26H2,1-6H3,(H,42,46,47)/t35-,36+,37+,54?/m0/s1. The number of nitrogens with zero attached hydrogens (tertiary/aromatic N) is 3. The van der Waals surface area contributed by atoms with Gasteiger partial charge in [0, 0.05) is 24.7 Å². The third kappa shape index (κ3) is 8.99. The number of carbonyl (C=O) groups is 1. The zero-order valence-electron chi connectivity index (χ0n) is 31.3. The summed E-state index contributed by atoms with van der Waals surface area (Å²) in [6.45, 7) is 8.29. The van der Waals surface area contributed by atoms with Gasteiger partial charge in [-0.05, 0) is 68.7 Å². The summed E-state index contributed by atoms with van der Waals surface area (Å²) in [5.74, 6) is 1.35. The minimum atomic E-state index is -1.73. The monoisotopic (exact) mass is 758 g/mol. The minimum Gasteiger partial charge on any atom is -0.497 e. The normalized spacial score (nSPS) is 17.8. The fourth-order valence-corrected chi connectivity index (χ4v) is 8.38. The first-order valence-corrected chi connectivity index (χ1v) is 18.9. The van der Waals surface area contributed by atoms with Crippen molar-refractivity contribution in [2.24, 2.45) is 0 Å². The second-order valence-corrected chi connectivity index (χ2v) is 14.6. The summed E-state index contributed by atoms with van der Waals surface area (Å²) in [5.41, 5.74) is -0.453. The number of hydrogen-bond acceptors (Lipinski definition) is 11. The Labute approximate surface area is 316 Å². The van der Waals surface area contributed by atoms with E-state index in [1.807, 2.05) is 107 Å². The maximum atomic E-state index is 13.1. The third-order valence-electron chi connectivity index (χ3n) is 9.14. The number of rotatable bonds is 18. The molecule has 14 heteroatoms.